The Morgan fingerprint density at radius 1 is 0.942 bits per heavy atom. The predicted octanol–water partition coefficient (Wildman–Crippen LogP) is 4.10. The number of aliphatic carboxylic acids is 1. The number of carbonyl (C=O) groups excluding carboxylic acids is 1. The standard InChI is InChI=1S/C53H84N4O12/c1-7-28-21-53(46(66)67)19-18-47(2,25-58)22-33(53)30-11-12-37-49(4,51(28,30)6)17-14-36-48(3,26-59)43(69-44-42(64)41(63)35(60)24-68-44)40(62)32(50(36,37)5)20-31-39(57-45(65)52(31)15-8-9-16-52)29(10-13-38(54)61)34-23-55-27-56-34/h11,23,27-29,31-33,35-44,58-64H,7-10,12-22,24-26,54H2,1-6H3,(H,55,56)(H,57,65)(H,66,67)/t28-,29+,31-,32+,33-,35+,36+,37-,38-,39+,40+,41-,42+,43+,44-,47-,48-,49+,50-,51+,53-/m0/s1. The van der Waals surface area contributed by atoms with Crippen LogP contribution < -0.4 is 11.1 Å². The van der Waals surface area contributed by atoms with Gasteiger partial charge in [-0.3, -0.25) is 9.59 Å². The Kier molecular flexibility index (Phi) is 13.5. The van der Waals surface area contributed by atoms with Crippen molar-refractivity contribution in [2.24, 2.45) is 79.1 Å². The minimum absolute atomic E-state index is 0.0115. The largest absolute Gasteiger partial charge is 0.481 e. The number of nitrogens with two attached hydrogens (primary N) is 1. The highest BCUT2D eigenvalue weighted by Gasteiger charge is 2.75. The molecule has 2 aliphatic heterocycles. The van der Waals surface area contributed by atoms with Gasteiger partial charge in [0.25, 0.3) is 0 Å². The van der Waals surface area contributed by atoms with E-state index >= 15 is 0 Å². The van der Waals surface area contributed by atoms with Gasteiger partial charge in [0.1, 0.15) is 24.5 Å². The number of aliphatic hydroxyl groups excluding tert-OH is 7. The quantitative estimate of drug-likeness (QED) is 0.0755. The van der Waals surface area contributed by atoms with Gasteiger partial charge in [-0.2, -0.15) is 0 Å². The zero-order valence-electron chi connectivity index (χ0n) is 41.9. The van der Waals surface area contributed by atoms with Crippen LogP contribution in [0.5, 0.6) is 0 Å². The number of aliphatic hydroxyl groups is 7. The number of carboxylic acids is 1. The zero-order chi connectivity index (χ0) is 49.9. The maximum atomic E-state index is 14.8. The molecule has 5 saturated carbocycles. The first-order chi connectivity index (χ1) is 32.6. The second kappa shape index (κ2) is 18.2. The molecular formula is C53H84N4O12. The Balaban J connectivity index is 1.21. The van der Waals surface area contributed by atoms with Crippen molar-refractivity contribution < 1.29 is 59.9 Å². The third kappa shape index (κ3) is 7.43. The van der Waals surface area contributed by atoms with Crippen LogP contribution in [0.15, 0.2) is 24.2 Å². The van der Waals surface area contributed by atoms with Crippen LogP contribution in [0.3, 0.4) is 0 Å². The second-order valence-corrected chi connectivity index (χ2v) is 25.1. The minimum atomic E-state index is -1.63. The number of carbonyl (C=O) groups is 2. The normalized spacial score (nSPS) is 48.9. The summed E-state index contributed by atoms with van der Waals surface area (Å²) in [6.07, 6.45) is 5.67. The van der Waals surface area contributed by atoms with Crippen molar-refractivity contribution in [3.63, 3.8) is 0 Å². The highest BCUT2D eigenvalue weighted by molar-refractivity contribution is 5.86. The van der Waals surface area contributed by atoms with Crippen LogP contribution in [0.1, 0.15) is 149 Å². The fourth-order valence-electron chi connectivity index (χ4n) is 18.3. The molecule has 8 aliphatic rings. The summed E-state index contributed by atoms with van der Waals surface area (Å²) >= 11 is 0. The molecule has 0 radical (unpaired) electrons. The maximum Gasteiger partial charge on any atom is 0.310 e. The number of rotatable bonds is 13. The van der Waals surface area contributed by atoms with Gasteiger partial charge >= 0.3 is 5.97 Å². The van der Waals surface area contributed by atoms with E-state index in [9.17, 15) is 50.4 Å². The Bertz CT molecular complexity index is 2080. The van der Waals surface area contributed by atoms with Crippen molar-refractivity contribution in [1.82, 2.24) is 15.3 Å². The van der Waals surface area contributed by atoms with Crippen molar-refractivity contribution in [1.29, 1.82) is 0 Å². The number of aromatic amines is 1. The number of imidazole rings is 1. The number of ether oxygens (including phenoxy) is 2. The highest BCUT2D eigenvalue weighted by Crippen LogP contribution is 2.79. The number of hydrogen-bond donors (Lipinski definition) is 11. The van der Waals surface area contributed by atoms with E-state index in [1.807, 2.05) is 6.92 Å². The summed E-state index contributed by atoms with van der Waals surface area (Å²) in [7, 11) is 0. The number of H-pyrrole nitrogens is 1. The lowest BCUT2D eigenvalue weighted by molar-refractivity contribution is -0.341. The Morgan fingerprint density at radius 3 is 2.29 bits per heavy atom. The summed E-state index contributed by atoms with van der Waals surface area (Å²) in [5.41, 5.74) is 3.19. The van der Waals surface area contributed by atoms with Gasteiger partial charge in [0, 0.05) is 35.9 Å². The summed E-state index contributed by atoms with van der Waals surface area (Å²) in [6.45, 7) is 12.7. The number of amides is 1. The van der Waals surface area contributed by atoms with Crippen molar-refractivity contribution in [3.05, 3.63) is 29.9 Å². The summed E-state index contributed by atoms with van der Waals surface area (Å²) in [6, 6.07) is -0.417. The number of nitrogens with zero attached hydrogens (tertiary/aromatic N) is 1. The molecule has 69 heavy (non-hydrogen) atoms. The van der Waals surface area contributed by atoms with Crippen molar-refractivity contribution in [3.8, 4) is 0 Å². The number of allylic oxidation sites excluding steroid dienone is 2. The molecule has 0 unspecified atom stereocenters. The van der Waals surface area contributed by atoms with Gasteiger partial charge in [0.15, 0.2) is 6.29 Å². The molecule has 16 nitrogen and oxygen atoms in total. The fraction of sp³-hybridized carbons (Fsp3) is 0.868. The first-order valence-corrected chi connectivity index (χ1v) is 26.4. The van der Waals surface area contributed by atoms with E-state index in [0.29, 0.717) is 64.2 Å². The third-order valence-corrected chi connectivity index (χ3v) is 22.3. The molecule has 1 amide bonds. The molecule has 1 spiro atoms. The molecule has 0 bridgehead atoms. The van der Waals surface area contributed by atoms with E-state index in [-0.39, 0.29) is 67.7 Å². The molecule has 9 rings (SSSR count). The summed E-state index contributed by atoms with van der Waals surface area (Å²) in [4.78, 5) is 36.2. The number of hydrogen-bond acceptors (Lipinski definition) is 13. The van der Waals surface area contributed by atoms with Gasteiger partial charge in [0.05, 0.1) is 42.6 Å². The molecule has 3 heterocycles. The van der Waals surface area contributed by atoms with Crippen LogP contribution in [0.4, 0.5) is 0 Å². The lowest BCUT2D eigenvalue weighted by Crippen LogP contribution is -2.73. The van der Waals surface area contributed by atoms with Gasteiger partial charge < -0.3 is 66.4 Å². The minimum Gasteiger partial charge on any atom is -0.481 e. The summed E-state index contributed by atoms with van der Waals surface area (Å²) < 4.78 is 12.6. The molecule has 0 aromatic carbocycles. The summed E-state index contributed by atoms with van der Waals surface area (Å²) in [5, 5.41) is 94.0. The van der Waals surface area contributed by atoms with Crippen LogP contribution in [0.25, 0.3) is 0 Å². The number of nitrogens with one attached hydrogen (secondary N) is 2. The Hall–Kier alpha value is -2.51. The van der Waals surface area contributed by atoms with Crippen LogP contribution in [-0.2, 0) is 19.1 Å². The topological polar surface area (TPSA) is 281 Å². The van der Waals surface area contributed by atoms with Gasteiger partial charge in [-0.15, -0.1) is 0 Å². The van der Waals surface area contributed by atoms with E-state index in [0.717, 1.165) is 31.4 Å². The van der Waals surface area contributed by atoms with Gasteiger partial charge in [-0.05, 0) is 134 Å². The average molecular weight is 969 g/mol. The molecular weight excluding hydrogens is 885 g/mol. The van der Waals surface area contributed by atoms with Crippen molar-refractivity contribution in [2.45, 2.75) is 193 Å². The van der Waals surface area contributed by atoms with E-state index in [4.69, 9.17) is 15.2 Å². The predicted molar refractivity (Wildman–Crippen MR) is 253 cm³/mol. The van der Waals surface area contributed by atoms with Crippen LogP contribution in [-0.4, -0.2) is 132 Å². The summed E-state index contributed by atoms with van der Waals surface area (Å²) in [5.74, 6) is -2.51. The zero-order valence-corrected chi connectivity index (χ0v) is 41.9. The average Bonchev–Trinajstić information content (AvgIpc) is 4.09. The molecule has 7 fully saturated rings. The van der Waals surface area contributed by atoms with Crippen molar-refractivity contribution >= 4 is 11.9 Å². The SMILES string of the molecule is CC[C@H]1C[C@@]2(C(=O)O)CC[C@](C)(CO)C[C@H]2C2=CC[C@@H]3[C@@]4(C)[C@H](C[C@H]5[C@@H]([C@H](CC[C@@H](N)O)c6cnc[nH]6)NC(=O)C56CCCC6)[C@@H](O)[C@@H](O[C@@H]5OC[C@@H](O)[C@H](O)[C@H]5O)[C@@](C)(CO)[C@H]4CC[C@@]3(C)[C@@]21C. The molecule has 2 saturated heterocycles. The molecule has 1 aromatic heterocycles. The molecule has 6 aliphatic carbocycles. The molecule has 12 N–H and O–H groups in total. The first kappa shape index (κ1) is 51.4. The molecule has 1 aromatic rings. The monoisotopic (exact) mass is 969 g/mol. The smallest absolute Gasteiger partial charge is 0.310 e. The van der Waals surface area contributed by atoms with Crippen LogP contribution in [0, 0.1) is 73.4 Å². The van der Waals surface area contributed by atoms with E-state index in [1.54, 1.807) is 12.5 Å². The molecule has 21 atom stereocenters. The Morgan fingerprint density at radius 2 is 1.67 bits per heavy atom. The molecule has 388 valence electrons. The van der Waals surface area contributed by atoms with Crippen molar-refractivity contribution in [2.75, 3.05) is 19.8 Å². The van der Waals surface area contributed by atoms with E-state index in [2.05, 4.69) is 56.0 Å². The van der Waals surface area contributed by atoms with Crippen LogP contribution >= 0.6 is 0 Å². The highest BCUT2D eigenvalue weighted by atomic mass is 16.7. The fourth-order valence-corrected chi connectivity index (χ4v) is 18.3. The lowest BCUT2D eigenvalue weighted by atomic mass is 9.30. The van der Waals surface area contributed by atoms with E-state index < -0.39 is 98.9 Å². The van der Waals surface area contributed by atoms with Gasteiger partial charge in [-0.1, -0.05) is 72.5 Å². The van der Waals surface area contributed by atoms with Gasteiger partial charge in [-0.25, -0.2) is 4.98 Å². The maximum absolute atomic E-state index is 14.8. The molecule has 16 heteroatoms. The van der Waals surface area contributed by atoms with Gasteiger partial charge in [0.2, 0.25) is 5.91 Å². The Labute approximate surface area is 407 Å². The number of aromatic nitrogens is 2. The van der Waals surface area contributed by atoms with Crippen LogP contribution in [0.2, 0.25) is 0 Å². The number of carboxylic acid groups (broad SMARTS) is 1. The second-order valence-electron chi connectivity index (χ2n) is 25.1. The third-order valence-electron chi connectivity index (χ3n) is 22.3. The number of fused-ring (bicyclic) bond motifs is 7. The first-order valence-electron chi connectivity index (χ1n) is 26.4. The van der Waals surface area contributed by atoms with E-state index in [1.165, 1.54) is 5.57 Å². The lowest BCUT2D eigenvalue weighted by Gasteiger charge is -2.74.